The molecule has 166 valence electrons. The Balaban J connectivity index is 1.56. The molecule has 0 saturated heterocycles. The first-order valence-corrected chi connectivity index (χ1v) is 11.1. The van der Waals surface area contributed by atoms with Gasteiger partial charge in [0, 0.05) is 56.8 Å². The molecule has 0 bridgehead atoms. The number of rotatable bonds is 7. The van der Waals surface area contributed by atoms with E-state index in [9.17, 15) is 0 Å². The molecular weight excluding hydrogens is 388 g/mol. The van der Waals surface area contributed by atoms with Gasteiger partial charge in [-0.3, -0.25) is 14.7 Å². The Morgan fingerprint density at radius 2 is 2.06 bits per heavy atom. The molecule has 1 fully saturated rings. The van der Waals surface area contributed by atoms with Crippen LogP contribution in [0.15, 0.2) is 62.8 Å². The molecule has 2 heterocycles. The Morgan fingerprint density at radius 1 is 1.26 bits per heavy atom. The number of aryl methyl sites for hydroxylation is 1. The highest BCUT2D eigenvalue weighted by molar-refractivity contribution is 6.08. The lowest BCUT2D eigenvalue weighted by molar-refractivity contribution is 0.310. The first-order chi connectivity index (χ1) is 15.0. The molecule has 0 atom stereocenters. The summed E-state index contributed by atoms with van der Waals surface area (Å²) in [6, 6.07) is 0. The summed E-state index contributed by atoms with van der Waals surface area (Å²) in [5.41, 5.74) is 2.86. The molecule has 2 aliphatic rings. The Hall–Kier alpha value is -2.96. The Labute approximate surface area is 185 Å². The minimum absolute atomic E-state index is 0.709. The highest BCUT2D eigenvalue weighted by Crippen LogP contribution is 2.23. The van der Waals surface area contributed by atoms with Crippen LogP contribution in [0.3, 0.4) is 0 Å². The van der Waals surface area contributed by atoms with Gasteiger partial charge in [0.25, 0.3) is 0 Å². The summed E-state index contributed by atoms with van der Waals surface area (Å²) in [7, 11) is 3.66. The van der Waals surface area contributed by atoms with Gasteiger partial charge in [-0.1, -0.05) is 19.3 Å². The molecule has 7 heteroatoms. The largest absolute Gasteiger partial charge is 0.467 e. The van der Waals surface area contributed by atoms with Crippen molar-refractivity contribution in [1.29, 1.82) is 0 Å². The van der Waals surface area contributed by atoms with Gasteiger partial charge in [-0.25, -0.2) is 4.99 Å². The van der Waals surface area contributed by atoms with Gasteiger partial charge in [-0.2, -0.15) is 5.10 Å². The summed E-state index contributed by atoms with van der Waals surface area (Å²) in [5, 5.41) is 7.54. The van der Waals surface area contributed by atoms with E-state index in [1.54, 1.807) is 17.9 Å². The molecule has 1 aliphatic heterocycles. The lowest BCUT2D eigenvalue weighted by Gasteiger charge is -2.20. The van der Waals surface area contributed by atoms with E-state index in [0.717, 1.165) is 41.5 Å². The van der Waals surface area contributed by atoms with E-state index in [-0.39, 0.29) is 0 Å². The van der Waals surface area contributed by atoms with Crippen molar-refractivity contribution in [2.24, 2.45) is 27.9 Å². The van der Waals surface area contributed by atoms with Crippen LogP contribution in [0, 0.1) is 5.92 Å². The molecule has 3 rings (SSSR count). The van der Waals surface area contributed by atoms with Crippen LogP contribution in [0.25, 0.3) is 0 Å². The molecule has 1 N–H and O–H groups in total. The molecule has 0 radical (unpaired) electrons. The van der Waals surface area contributed by atoms with E-state index in [0.29, 0.717) is 11.9 Å². The summed E-state index contributed by atoms with van der Waals surface area (Å²) in [5.74, 6) is 2.99. The predicted octanol–water partition coefficient (Wildman–Crippen LogP) is 4.55. The maximum absolute atomic E-state index is 5.93. The molecule has 7 nitrogen and oxygen atoms in total. The zero-order valence-electron chi connectivity index (χ0n) is 19.1. The average Bonchev–Trinajstić information content (AvgIpc) is 3.21. The third-order valence-electron chi connectivity index (χ3n) is 5.44. The van der Waals surface area contributed by atoms with E-state index in [2.05, 4.69) is 20.4 Å². The second-order valence-electron chi connectivity index (χ2n) is 8.15. The summed E-state index contributed by atoms with van der Waals surface area (Å²) in [6.45, 7) is 4.73. The summed E-state index contributed by atoms with van der Waals surface area (Å²) < 4.78 is 7.69. The fourth-order valence-corrected chi connectivity index (χ4v) is 3.79. The smallest absolute Gasteiger partial charge is 0.221 e. The van der Waals surface area contributed by atoms with Crippen LogP contribution >= 0.6 is 0 Å². The third kappa shape index (κ3) is 7.35. The van der Waals surface area contributed by atoms with Crippen molar-refractivity contribution in [3.63, 3.8) is 0 Å². The zero-order chi connectivity index (χ0) is 22.1. The lowest BCUT2D eigenvalue weighted by Crippen LogP contribution is -2.26. The van der Waals surface area contributed by atoms with Crippen molar-refractivity contribution >= 4 is 17.9 Å². The van der Waals surface area contributed by atoms with Crippen molar-refractivity contribution < 1.29 is 4.74 Å². The van der Waals surface area contributed by atoms with Gasteiger partial charge in [0.2, 0.25) is 5.96 Å². The van der Waals surface area contributed by atoms with E-state index in [4.69, 9.17) is 9.73 Å². The number of hydrogen-bond donors (Lipinski definition) is 1. The highest BCUT2D eigenvalue weighted by atomic mass is 16.5. The molecule has 31 heavy (non-hydrogen) atoms. The molecular formula is C24H34N6O. The van der Waals surface area contributed by atoms with Crippen LogP contribution < -0.4 is 5.32 Å². The SMILES string of the molecule is CN=C(/C=C(\C)O/C(C)=C/C=C1\CC=NC(=NCC2CCCCC2)N1)c1cnn(C)c1. The standard InChI is InChI=1S/C24H34N6O/c1-18(31-19(2)14-23(25-3)21-16-28-30(4)17-21)10-11-22-12-13-26-24(29-22)27-15-20-8-6-5-7-9-20/h10-11,13-14,16-17,20H,5-9,12,15H2,1-4H3,(H,27,29)/b18-10+,19-14+,22-11+,25-23?. The summed E-state index contributed by atoms with van der Waals surface area (Å²) in [6.07, 6.45) is 18.9. The fourth-order valence-electron chi connectivity index (χ4n) is 3.79. The second kappa shape index (κ2) is 11.4. The zero-order valence-corrected chi connectivity index (χ0v) is 19.1. The van der Waals surface area contributed by atoms with Crippen molar-refractivity contribution in [2.75, 3.05) is 13.6 Å². The molecule has 1 saturated carbocycles. The quantitative estimate of drug-likeness (QED) is 0.517. The maximum atomic E-state index is 5.93. The number of aromatic nitrogens is 2. The van der Waals surface area contributed by atoms with Gasteiger partial charge in [0.1, 0.15) is 11.5 Å². The number of guanidine groups is 1. The van der Waals surface area contributed by atoms with Crippen LogP contribution in [0.1, 0.15) is 57.9 Å². The average molecular weight is 423 g/mol. The normalized spacial score (nSPS) is 21.6. The fraction of sp³-hybridized carbons (Fsp3) is 0.500. The van der Waals surface area contributed by atoms with Crippen molar-refractivity contribution in [1.82, 2.24) is 15.1 Å². The van der Waals surface area contributed by atoms with Gasteiger partial charge >= 0.3 is 0 Å². The molecule has 0 spiro atoms. The van der Waals surface area contributed by atoms with E-state index >= 15 is 0 Å². The van der Waals surface area contributed by atoms with Crippen molar-refractivity contribution in [3.05, 3.63) is 53.4 Å². The second-order valence-corrected chi connectivity index (χ2v) is 8.15. The maximum Gasteiger partial charge on any atom is 0.221 e. The molecule has 1 aromatic heterocycles. The molecule has 1 aliphatic carbocycles. The minimum Gasteiger partial charge on any atom is -0.467 e. The van der Waals surface area contributed by atoms with Crippen molar-refractivity contribution in [2.45, 2.75) is 52.4 Å². The minimum atomic E-state index is 0.709. The number of aliphatic imine (C=N–C) groups is 3. The number of nitrogens with zero attached hydrogens (tertiary/aromatic N) is 5. The van der Waals surface area contributed by atoms with Crippen molar-refractivity contribution in [3.8, 4) is 0 Å². The first-order valence-electron chi connectivity index (χ1n) is 11.1. The van der Waals surface area contributed by atoms with Gasteiger partial charge < -0.3 is 10.1 Å². The number of hydrogen-bond acceptors (Lipinski definition) is 4. The third-order valence-corrected chi connectivity index (χ3v) is 5.44. The molecule has 0 aromatic carbocycles. The number of nitrogens with one attached hydrogen (secondary N) is 1. The highest BCUT2D eigenvalue weighted by Gasteiger charge is 2.13. The van der Waals surface area contributed by atoms with Crippen LogP contribution in [-0.4, -0.2) is 41.3 Å². The number of allylic oxidation sites excluding steroid dienone is 6. The van der Waals surface area contributed by atoms with E-state index < -0.39 is 0 Å². The van der Waals surface area contributed by atoms with Crippen LogP contribution in [0.4, 0.5) is 0 Å². The Morgan fingerprint density at radius 3 is 2.77 bits per heavy atom. The Bertz CT molecular complexity index is 926. The van der Waals surface area contributed by atoms with Gasteiger partial charge in [-0.15, -0.1) is 0 Å². The van der Waals surface area contributed by atoms with E-state index in [1.165, 1.54) is 32.1 Å². The predicted molar refractivity (Wildman–Crippen MR) is 127 cm³/mol. The van der Waals surface area contributed by atoms with Crippen LogP contribution in [0.2, 0.25) is 0 Å². The van der Waals surface area contributed by atoms with Crippen LogP contribution in [-0.2, 0) is 11.8 Å². The first kappa shape index (κ1) is 22.7. The lowest BCUT2D eigenvalue weighted by atomic mass is 9.89. The molecule has 0 unspecified atom stereocenters. The van der Waals surface area contributed by atoms with Gasteiger partial charge in [0.15, 0.2) is 0 Å². The monoisotopic (exact) mass is 422 g/mol. The van der Waals surface area contributed by atoms with Crippen LogP contribution in [0.5, 0.6) is 0 Å². The van der Waals surface area contributed by atoms with Gasteiger partial charge in [-0.05, 0) is 44.8 Å². The number of ether oxygens (including phenoxy) is 1. The summed E-state index contributed by atoms with van der Waals surface area (Å²) >= 11 is 0. The van der Waals surface area contributed by atoms with Gasteiger partial charge in [0.05, 0.1) is 11.9 Å². The topological polar surface area (TPSA) is 76.2 Å². The van der Waals surface area contributed by atoms with E-state index in [1.807, 2.05) is 51.5 Å². The molecule has 1 aromatic rings. The molecule has 0 amide bonds. The summed E-state index contributed by atoms with van der Waals surface area (Å²) in [4.78, 5) is 13.4. The Kier molecular flexibility index (Phi) is 8.38.